The van der Waals surface area contributed by atoms with Crippen LogP contribution in [0.3, 0.4) is 0 Å². The Morgan fingerprint density at radius 3 is 1.17 bits per heavy atom. The van der Waals surface area contributed by atoms with Crippen LogP contribution in [0, 0.1) is 0 Å². The predicted octanol–water partition coefficient (Wildman–Crippen LogP) is 9.87. The monoisotopic (exact) mass is 1630 g/mol. The summed E-state index contributed by atoms with van der Waals surface area (Å²) in [5.41, 5.74) is 29.2. The Hall–Kier alpha value is -10.8. The van der Waals surface area contributed by atoms with E-state index in [0.29, 0.717) is 137 Å². The first-order valence-electron chi connectivity index (χ1n) is 37.8. The summed E-state index contributed by atoms with van der Waals surface area (Å²) in [6.07, 6.45) is 6.35. The van der Waals surface area contributed by atoms with Gasteiger partial charge >= 0.3 is 43.9 Å². The largest absolute Gasteiger partial charge is 1.00 e. The Bertz CT molecular complexity index is 5330. The fraction of sp³-hybridized carbons (Fsp3) is 0.318. The number of esters is 2. The summed E-state index contributed by atoms with van der Waals surface area (Å²) in [5.74, 6) is 3.84. The number of hydrogen-bond acceptors (Lipinski definition) is 26. The van der Waals surface area contributed by atoms with Gasteiger partial charge in [-0.05, 0) is 172 Å². The molecule has 0 aliphatic carbocycles. The number of aromatic nitrogens is 3. The van der Waals surface area contributed by atoms with Crippen molar-refractivity contribution in [3.05, 3.63) is 237 Å². The third kappa shape index (κ3) is 24.7. The van der Waals surface area contributed by atoms with Crippen LogP contribution in [-0.4, -0.2) is 131 Å². The number of aliphatic carboxylic acids is 1. The molecule has 13 rings (SSSR count). The smallest absolute Gasteiger partial charge is 0.870 e. The second-order valence-electron chi connectivity index (χ2n) is 27.8. The normalized spacial score (nSPS) is 12.4. The zero-order chi connectivity index (χ0) is 83.1. The second-order valence-corrected chi connectivity index (χ2v) is 28.3. The molecule has 0 amide bonds. The number of aliphatic hydroxyl groups excluding tert-OH is 3. The van der Waals surface area contributed by atoms with Crippen LogP contribution >= 0.6 is 11.6 Å². The van der Waals surface area contributed by atoms with Crippen molar-refractivity contribution in [2.75, 3.05) is 54.4 Å². The fourth-order valence-electron chi connectivity index (χ4n) is 12.6. The van der Waals surface area contributed by atoms with Crippen molar-refractivity contribution >= 4 is 75.0 Å². The number of rotatable bonds is 32. The number of carboxylic acid groups (broad SMARTS) is 1. The van der Waals surface area contributed by atoms with Crippen molar-refractivity contribution < 1.29 is 120 Å². The van der Waals surface area contributed by atoms with Crippen molar-refractivity contribution in [2.24, 2.45) is 17.2 Å². The number of halogens is 1. The predicted molar refractivity (Wildman–Crippen MR) is 442 cm³/mol. The molecule has 1 aliphatic rings. The molecular weight excluding hydrogens is 1530 g/mol. The molecular formula is C88H99BClLiN6O21. The number of aliphatic hydroxyl groups is 3. The summed E-state index contributed by atoms with van der Waals surface area (Å²) >= 11 is 5.63. The van der Waals surface area contributed by atoms with E-state index >= 15 is 0 Å². The van der Waals surface area contributed by atoms with Crippen LogP contribution in [0.1, 0.15) is 109 Å². The van der Waals surface area contributed by atoms with Crippen molar-refractivity contribution in [1.82, 2.24) is 15.0 Å². The van der Waals surface area contributed by atoms with Gasteiger partial charge in [0.15, 0.2) is 0 Å². The summed E-state index contributed by atoms with van der Waals surface area (Å²) in [4.78, 5) is 48.0. The molecule has 27 nitrogen and oxygen atoms in total. The van der Waals surface area contributed by atoms with Crippen LogP contribution in [0.2, 0.25) is 5.02 Å². The van der Waals surface area contributed by atoms with Gasteiger partial charge in [0.1, 0.15) is 88.3 Å². The number of furan rings is 3. The molecule has 30 heteroatoms. The molecule has 0 spiro atoms. The molecule has 618 valence electrons. The topological polar surface area (TPSA) is 411 Å². The maximum absolute atomic E-state index is 12.1. The molecule has 1 saturated heterocycles. The number of nitrogens with zero attached hydrogens (tertiary/aromatic N) is 3. The minimum Gasteiger partial charge on any atom is -0.870 e. The van der Waals surface area contributed by atoms with E-state index in [0.717, 1.165) is 83.2 Å². The molecule has 12 aromatic rings. The maximum Gasteiger partial charge on any atom is 1.00 e. The zero-order valence-corrected chi connectivity index (χ0v) is 68.7. The average Bonchev–Trinajstić information content (AvgIpc) is 1.60. The maximum atomic E-state index is 12.1. The number of carboxylic acids is 1. The van der Waals surface area contributed by atoms with Gasteiger partial charge in [0.25, 0.3) is 0 Å². The Labute approximate surface area is 701 Å². The first-order valence-corrected chi connectivity index (χ1v) is 38.2. The summed E-state index contributed by atoms with van der Waals surface area (Å²) in [6, 6.07) is 44.6. The number of nitrogens with two attached hydrogens (primary N) is 3. The third-order valence-corrected chi connectivity index (χ3v) is 19.3. The van der Waals surface area contributed by atoms with Crippen LogP contribution in [0.5, 0.6) is 34.5 Å². The molecule has 0 unspecified atom stereocenters. The number of fused-ring (bicyclic) bond motifs is 3. The minimum atomic E-state index is -0.943. The average molecular weight is 1630 g/mol. The van der Waals surface area contributed by atoms with Crippen LogP contribution < -0.4 is 69.9 Å². The molecule has 118 heavy (non-hydrogen) atoms. The molecule has 11 N–H and O–H groups in total. The van der Waals surface area contributed by atoms with Crippen molar-refractivity contribution in [3.8, 4) is 56.8 Å². The van der Waals surface area contributed by atoms with Gasteiger partial charge in [-0.25, -0.2) is 0 Å². The first-order chi connectivity index (χ1) is 55.9. The number of hydrogen-bond donors (Lipinski definition) is 7. The van der Waals surface area contributed by atoms with E-state index in [4.69, 9.17) is 89.3 Å². The van der Waals surface area contributed by atoms with Crippen LogP contribution in [0.25, 0.3) is 55.2 Å². The van der Waals surface area contributed by atoms with Gasteiger partial charge in [-0.15, -0.1) is 0 Å². The van der Waals surface area contributed by atoms with Gasteiger partial charge in [-0.3, -0.25) is 29.3 Å². The van der Waals surface area contributed by atoms with Gasteiger partial charge in [-0.1, -0.05) is 35.9 Å². The quantitative estimate of drug-likeness (QED) is 0.0152. The number of benzene rings is 6. The number of carbonyl (C=O) groups is 3. The Morgan fingerprint density at radius 2 is 0.822 bits per heavy atom. The van der Waals surface area contributed by atoms with Crippen molar-refractivity contribution in [3.63, 3.8) is 0 Å². The van der Waals surface area contributed by atoms with Crippen molar-refractivity contribution in [1.29, 1.82) is 0 Å². The zero-order valence-electron chi connectivity index (χ0n) is 67.9. The van der Waals surface area contributed by atoms with Crippen LogP contribution in [0.4, 0.5) is 0 Å². The van der Waals surface area contributed by atoms with Crippen molar-refractivity contribution in [2.45, 2.75) is 131 Å². The van der Waals surface area contributed by atoms with Gasteiger partial charge in [-0.2, -0.15) is 0 Å². The van der Waals surface area contributed by atoms with Crippen LogP contribution in [-0.2, 0) is 111 Å². The standard InChI is InChI=1S/C28H35BO8.C28H30N2O6.C26H26N2O6.C6H7ClN2.Li.H2O/c1-7-33-25(31)15-19-8-9-21(32-6)16-24(19)34-17-18-12-20-14-22(10-11-30)35-26(20)23(13-18)29-36-27(2,3)28(4,5)37-29;1-3-34-27(32)14-20-4-5-23(33-2)15-26(20)35-17-18-10-21-13-24(7-9-31)36-28(21)25(11-18)19-6-8-30-22(12-19)16-29;1-32-21-3-2-18(12-25(30)31)24(13-21)33-15-16-8-19-11-22(5-7-29)34-26(19)23(9-16)17-4-6-28-20(10-17)14-27;7-5-1-2-9-6(3-5)4-8;;/h8-9,12-14,16,30H,7,10-11,15,17H2,1-6H3;4-6,8,10-13,15,31H,3,7,9,14,16-17,29H2,1-2H3;2-4,6,8-11,13,29H,5,7,12,14-15,27H2,1H3,(H,30,31);1-3H,4,8H2;;1H2/q;;;;+1;/p-1. The molecule has 1 aliphatic heterocycles. The van der Waals surface area contributed by atoms with Gasteiger partial charge in [0.05, 0.1) is 102 Å². The summed E-state index contributed by atoms with van der Waals surface area (Å²) < 4.78 is 75.5. The third-order valence-electron chi connectivity index (χ3n) is 19.1. The van der Waals surface area contributed by atoms with Crippen LogP contribution in [0.15, 0.2) is 177 Å². The Morgan fingerprint density at radius 1 is 0.466 bits per heavy atom. The number of carbonyl (C=O) groups excluding carboxylic acids is 2. The molecule has 0 saturated carbocycles. The first kappa shape index (κ1) is 92.7. The summed E-state index contributed by atoms with van der Waals surface area (Å²) in [6.45, 7) is 13.9. The van der Waals surface area contributed by atoms with Gasteiger partial charge in [0.2, 0.25) is 0 Å². The molecule has 0 bridgehead atoms. The summed E-state index contributed by atoms with van der Waals surface area (Å²) in [7, 11) is 4.08. The number of pyridine rings is 3. The molecule has 0 atom stereocenters. The molecule has 7 heterocycles. The van der Waals surface area contributed by atoms with Gasteiger partial charge < -0.3 is 104 Å². The molecule has 1 fully saturated rings. The Kier molecular flexibility index (Phi) is 34.7. The fourth-order valence-corrected chi connectivity index (χ4v) is 12.8. The van der Waals surface area contributed by atoms with E-state index in [1.807, 2.05) is 113 Å². The SMILES string of the molecule is CCOC(=O)Cc1ccc(OC)cc1OCc1cc(-c2ccnc(CN)c2)c2oc(CCO)cc2c1.CCOC(=O)Cc1ccc(OC)cc1OCc1cc(B2OC(C)(C)C(C)(C)O2)c2oc(CCO)cc2c1.COc1ccc(CC(=O)O)c(OCc2cc(-c3ccnc(CN)c3)c3oc(CCO)cc3c2)c1.NCc1cc(Cl)ccn1.[Li+].[OH-]. The second kappa shape index (κ2) is 44.1. The summed E-state index contributed by atoms with van der Waals surface area (Å²) in [5, 5.41) is 40.7. The Balaban J connectivity index is 0.000000207. The molecule has 6 aromatic heterocycles. The van der Waals surface area contributed by atoms with E-state index < -0.39 is 24.3 Å². The van der Waals surface area contributed by atoms with Gasteiger partial charge in [0, 0.05) is 130 Å². The van der Waals surface area contributed by atoms with E-state index in [-0.39, 0.29) is 95.2 Å². The van der Waals surface area contributed by atoms with E-state index in [9.17, 15) is 34.8 Å². The molecule has 0 radical (unpaired) electrons. The minimum absolute atomic E-state index is 0. The van der Waals surface area contributed by atoms with E-state index in [1.165, 1.54) is 0 Å². The number of methoxy groups -OCH3 is 3. The molecule has 6 aromatic carbocycles. The van der Waals surface area contributed by atoms with E-state index in [2.05, 4.69) is 15.0 Å². The van der Waals surface area contributed by atoms with E-state index in [1.54, 1.807) is 114 Å². The number of ether oxygens (including phenoxy) is 8.